The highest BCUT2D eigenvalue weighted by molar-refractivity contribution is 5.94. The molecule has 1 saturated carbocycles. The Hall–Kier alpha value is -1.42. The van der Waals surface area contributed by atoms with E-state index >= 15 is 0 Å². The minimum atomic E-state index is -0.0111. The summed E-state index contributed by atoms with van der Waals surface area (Å²) in [6.07, 6.45) is 5.18. The fourth-order valence-electron chi connectivity index (χ4n) is 2.77. The van der Waals surface area contributed by atoms with Crippen LogP contribution >= 0.6 is 0 Å². The van der Waals surface area contributed by atoms with Crippen molar-refractivity contribution in [1.82, 2.24) is 10.3 Å². The quantitative estimate of drug-likeness (QED) is 0.875. The summed E-state index contributed by atoms with van der Waals surface area (Å²) in [6.45, 7) is 4.85. The van der Waals surface area contributed by atoms with Crippen molar-refractivity contribution in [3.05, 3.63) is 29.6 Å². The maximum atomic E-state index is 12.3. The van der Waals surface area contributed by atoms with Gasteiger partial charge in [0.1, 0.15) is 0 Å². The summed E-state index contributed by atoms with van der Waals surface area (Å²) >= 11 is 0. The van der Waals surface area contributed by atoms with E-state index in [1.165, 1.54) is 12.8 Å². The number of amides is 1. The molecule has 104 valence electrons. The standard InChI is InChI=1S/C15H23N3O/c1-10-4-3-5-14(11(10)2)18-15(19)12-6-7-17-13(8-12)9-16/h6-8,10-11,14H,3-5,9,16H2,1-2H3,(H,18,19). The summed E-state index contributed by atoms with van der Waals surface area (Å²) in [5.41, 5.74) is 6.95. The first-order valence-corrected chi connectivity index (χ1v) is 7.07. The molecule has 1 aliphatic rings. The van der Waals surface area contributed by atoms with Crippen molar-refractivity contribution < 1.29 is 4.79 Å². The third kappa shape index (κ3) is 3.32. The van der Waals surface area contributed by atoms with Gasteiger partial charge in [-0.1, -0.05) is 26.7 Å². The molecule has 3 atom stereocenters. The van der Waals surface area contributed by atoms with Crippen LogP contribution in [0, 0.1) is 11.8 Å². The molecule has 1 aromatic heterocycles. The zero-order valence-corrected chi connectivity index (χ0v) is 11.7. The number of hydrogen-bond donors (Lipinski definition) is 2. The number of nitrogens with zero attached hydrogens (tertiary/aromatic N) is 1. The molecule has 0 aromatic carbocycles. The lowest BCUT2D eigenvalue weighted by atomic mass is 9.78. The second-order valence-electron chi connectivity index (χ2n) is 5.59. The number of rotatable bonds is 3. The van der Waals surface area contributed by atoms with Gasteiger partial charge in [0.15, 0.2) is 0 Å². The van der Waals surface area contributed by atoms with Gasteiger partial charge in [-0.2, -0.15) is 0 Å². The highest BCUT2D eigenvalue weighted by Gasteiger charge is 2.28. The fraction of sp³-hybridized carbons (Fsp3) is 0.600. The average molecular weight is 261 g/mol. The van der Waals surface area contributed by atoms with E-state index in [-0.39, 0.29) is 11.9 Å². The second-order valence-corrected chi connectivity index (χ2v) is 5.59. The van der Waals surface area contributed by atoms with Crippen LogP contribution in [0.15, 0.2) is 18.3 Å². The van der Waals surface area contributed by atoms with Crippen LogP contribution in [0.1, 0.15) is 49.2 Å². The zero-order valence-electron chi connectivity index (χ0n) is 11.7. The van der Waals surface area contributed by atoms with Crippen LogP contribution in [0.25, 0.3) is 0 Å². The Balaban J connectivity index is 2.03. The van der Waals surface area contributed by atoms with E-state index in [0.717, 1.165) is 12.1 Å². The molecule has 0 spiro atoms. The Morgan fingerprint density at radius 3 is 3.00 bits per heavy atom. The molecule has 4 nitrogen and oxygen atoms in total. The first kappa shape index (κ1) is 14.0. The van der Waals surface area contributed by atoms with E-state index in [9.17, 15) is 4.79 Å². The van der Waals surface area contributed by atoms with E-state index in [1.807, 2.05) is 0 Å². The molecule has 0 bridgehead atoms. The molecule has 0 saturated heterocycles. The molecule has 1 heterocycles. The lowest BCUT2D eigenvalue weighted by Crippen LogP contribution is -2.43. The smallest absolute Gasteiger partial charge is 0.251 e. The first-order valence-electron chi connectivity index (χ1n) is 7.07. The van der Waals surface area contributed by atoms with Gasteiger partial charge >= 0.3 is 0 Å². The Kier molecular flexibility index (Phi) is 4.53. The zero-order chi connectivity index (χ0) is 13.8. The maximum absolute atomic E-state index is 12.3. The van der Waals surface area contributed by atoms with Crippen LogP contribution in [-0.2, 0) is 6.54 Å². The van der Waals surface area contributed by atoms with Crippen LogP contribution in [0.4, 0.5) is 0 Å². The predicted molar refractivity (Wildman–Crippen MR) is 75.6 cm³/mol. The fourth-order valence-corrected chi connectivity index (χ4v) is 2.77. The summed E-state index contributed by atoms with van der Waals surface area (Å²) in [5.74, 6) is 1.20. The van der Waals surface area contributed by atoms with Gasteiger partial charge in [-0.25, -0.2) is 0 Å². The number of nitrogens with two attached hydrogens (primary N) is 1. The van der Waals surface area contributed by atoms with Gasteiger partial charge in [-0.3, -0.25) is 9.78 Å². The van der Waals surface area contributed by atoms with Crippen molar-refractivity contribution in [3.8, 4) is 0 Å². The minimum absolute atomic E-state index is 0.0111. The normalized spacial score (nSPS) is 27.0. The molecule has 19 heavy (non-hydrogen) atoms. The Labute approximate surface area is 114 Å². The Bertz CT molecular complexity index is 447. The summed E-state index contributed by atoms with van der Waals surface area (Å²) in [7, 11) is 0. The molecule has 4 heteroatoms. The van der Waals surface area contributed by atoms with Gasteiger partial charge in [0.05, 0.1) is 5.69 Å². The molecule has 1 aromatic rings. The van der Waals surface area contributed by atoms with Gasteiger partial charge in [0.2, 0.25) is 0 Å². The molecule has 1 amide bonds. The topological polar surface area (TPSA) is 68.0 Å². The minimum Gasteiger partial charge on any atom is -0.349 e. The molecule has 0 radical (unpaired) electrons. The summed E-state index contributed by atoms with van der Waals surface area (Å²) < 4.78 is 0. The van der Waals surface area contributed by atoms with Crippen molar-refractivity contribution in [2.24, 2.45) is 17.6 Å². The molecule has 3 N–H and O–H groups in total. The van der Waals surface area contributed by atoms with Gasteiger partial charge in [0.25, 0.3) is 5.91 Å². The molecular weight excluding hydrogens is 238 g/mol. The van der Waals surface area contributed by atoms with Crippen molar-refractivity contribution in [1.29, 1.82) is 0 Å². The lowest BCUT2D eigenvalue weighted by molar-refractivity contribution is 0.0891. The van der Waals surface area contributed by atoms with Crippen LogP contribution in [0.5, 0.6) is 0 Å². The van der Waals surface area contributed by atoms with Crippen molar-refractivity contribution in [3.63, 3.8) is 0 Å². The molecular formula is C15H23N3O. The highest BCUT2D eigenvalue weighted by Crippen LogP contribution is 2.29. The number of nitrogens with one attached hydrogen (secondary N) is 1. The van der Waals surface area contributed by atoms with Gasteiger partial charge < -0.3 is 11.1 Å². The van der Waals surface area contributed by atoms with Gasteiger partial charge in [-0.15, -0.1) is 0 Å². The highest BCUT2D eigenvalue weighted by atomic mass is 16.1. The number of carbonyl (C=O) groups is 1. The Morgan fingerprint density at radius 1 is 1.47 bits per heavy atom. The van der Waals surface area contributed by atoms with E-state index in [4.69, 9.17) is 5.73 Å². The first-order chi connectivity index (χ1) is 9.11. The monoisotopic (exact) mass is 261 g/mol. The average Bonchev–Trinajstić information content (AvgIpc) is 2.44. The molecule has 1 fully saturated rings. The second kappa shape index (κ2) is 6.15. The van der Waals surface area contributed by atoms with Crippen LogP contribution in [0.3, 0.4) is 0 Å². The maximum Gasteiger partial charge on any atom is 0.251 e. The third-order valence-corrected chi connectivity index (χ3v) is 4.31. The van der Waals surface area contributed by atoms with E-state index < -0.39 is 0 Å². The summed E-state index contributed by atoms with van der Waals surface area (Å²) in [6, 6.07) is 3.79. The summed E-state index contributed by atoms with van der Waals surface area (Å²) in [5, 5.41) is 3.16. The van der Waals surface area contributed by atoms with E-state index in [2.05, 4.69) is 24.1 Å². The van der Waals surface area contributed by atoms with Crippen LogP contribution in [-0.4, -0.2) is 16.9 Å². The van der Waals surface area contributed by atoms with Crippen LogP contribution in [0.2, 0.25) is 0 Å². The number of hydrogen-bond acceptors (Lipinski definition) is 3. The lowest BCUT2D eigenvalue weighted by Gasteiger charge is -2.34. The largest absolute Gasteiger partial charge is 0.349 e. The third-order valence-electron chi connectivity index (χ3n) is 4.31. The molecule has 3 unspecified atom stereocenters. The van der Waals surface area contributed by atoms with Gasteiger partial charge in [-0.05, 0) is 30.4 Å². The number of pyridine rings is 1. The Morgan fingerprint density at radius 2 is 2.26 bits per heavy atom. The van der Waals surface area contributed by atoms with E-state index in [0.29, 0.717) is 23.9 Å². The van der Waals surface area contributed by atoms with Crippen LogP contribution < -0.4 is 11.1 Å². The van der Waals surface area contributed by atoms with Gasteiger partial charge in [0, 0.05) is 24.3 Å². The molecule has 0 aliphatic heterocycles. The van der Waals surface area contributed by atoms with Crippen molar-refractivity contribution >= 4 is 5.91 Å². The number of aromatic nitrogens is 1. The number of carbonyl (C=O) groups excluding carboxylic acids is 1. The SMILES string of the molecule is CC1CCCC(NC(=O)c2ccnc(CN)c2)C1C. The summed E-state index contributed by atoms with van der Waals surface area (Å²) in [4.78, 5) is 16.4. The molecule has 1 aliphatic carbocycles. The van der Waals surface area contributed by atoms with Crippen molar-refractivity contribution in [2.45, 2.75) is 45.7 Å². The molecule has 2 rings (SSSR count). The predicted octanol–water partition coefficient (Wildman–Crippen LogP) is 2.09. The van der Waals surface area contributed by atoms with E-state index in [1.54, 1.807) is 18.3 Å². The van der Waals surface area contributed by atoms with Crippen molar-refractivity contribution in [2.75, 3.05) is 0 Å².